The van der Waals surface area contributed by atoms with Gasteiger partial charge in [-0.25, -0.2) is 0 Å². The number of ether oxygens (including phenoxy) is 1. The van der Waals surface area contributed by atoms with Crippen molar-refractivity contribution < 1.29 is 4.74 Å². The molecule has 0 aliphatic carbocycles. The maximum absolute atomic E-state index is 6.12. The van der Waals surface area contributed by atoms with E-state index in [9.17, 15) is 0 Å². The summed E-state index contributed by atoms with van der Waals surface area (Å²) in [6, 6.07) is 7.08. The molecular weight excluding hydrogens is 316 g/mol. The maximum Gasteiger partial charge on any atom is 0.124 e. The molecule has 1 aliphatic heterocycles. The van der Waals surface area contributed by atoms with Gasteiger partial charge in [-0.1, -0.05) is 22.4 Å². The van der Waals surface area contributed by atoms with Crippen LogP contribution in [0.5, 0.6) is 5.75 Å². The number of rotatable bonds is 5. The summed E-state index contributed by atoms with van der Waals surface area (Å²) in [6.45, 7) is 4.12. The summed E-state index contributed by atoms with van der Waals surface area (Å²) in [5.41, 5.74) is 1.21. The molecule has 1 fully saturated rings. The van der Waals surface area contributed by atoms with E-state index in [0.29, 0.717) is 6.04 Å². The minimum Gasteiger partial charge on any atom is -0.492 e. The van der Waals surface area contributed by atoms with Gasteiger partial charge in [0, 0.05) is 22.1 Å². The van der Waals surface area contributed by atoms with E-state index in [0.717, 1.165) is 16.8 Å². The number of likely N-dealkylation sites (N-methyl/N-ethyl adjacent to an activating group) is 1. The molecule has 0 aromatic heterocycles. The van der Waals surface area contributed by atoms with Gasteiger partial charge in [0.15, 0.2) is 0 Å². The first-order chi connectivity index (χ1) is 9.61. The van der Waals surface area contributed by atoms with Crippen molar-refractivity contribution in [2.24, 2.45) is 0 Å². The molecular formula is C16H25BrN2O. The van der Waals surface area contributed by atoms with E-state index in [1.165, 1.54) is 31.4 Å². The Hall–Kier alpha value is -0.580. The number of benzene rings is 1. The fraction of sp³-hybridized carbons (Fsp3) is 0.625. The molecule has 112 valence electrons. The first-order valence-electron chi connectivity index (χ1n) is 7.41. The van der Waals surface area contributed by atoms with Gasteiger partial charge in [0.05, 0.1) is 0 Å². The molecule has 4 heteroatoms. The number of hydrogen-bond donors (Lipinski definition) is 1. The van der Waals surface area contributed by atoms with Gasteiger partial charge in [-0.3, -0.25) is 0 Å². The fourth-order valence-corrected chi connectivity index (χ4v) is 3.06. The van der Waals surface area contributed by atoms with Crippen LogP contribution >= 0.6 is 15.9 Å². The van der Waals surface area contributed by atoms with Gasteiger partial charge in [-0.2, -0.15) is 0 Å². The minimum atomic E-state index is 0.284. The van der Waals surface area contributed by atoms with Crippen LogP contribution in [-0.2, 0) is 0 Å². The van der Waals surface area contributed by atoms with Crippen molar-refractivity contribution in [1.82, 2.24) is 10.2 Å². The summed E-state index contributed by atoms with van der Waals surface area (Å²) in [5, 5.41) is 3.28. The van der Waals surface area contributed by atoms with Crippen LogP contribution in [0, 0.1) is 0 Å². The van der Waals surface area contributed by atoms with Crippen molar-refractivity contribution in [3.05, 3.63) is 28.2 Å². The van der Waals surface area contributed by atoms with Crippen LogP contribution < -0.4 is 10.1 Å². The zero-order valence-corrected chi connectivity index (χ0v) is 14.2. The van der Waals surface area contributed by atoms with Crippen molar-refractivity contribution in [3.8, 4) is 5.75 Å². The Morgan fingerprint density at radius 2 is 2.25 bits per heavy atom. The molecule has 1 aromatic carbocycles. The Balaban J connectivity index is 2.04. The van der Waals surface area contributed by atoms with E-state index in [4.69, 9.17) is 4.74 Å². The van der Waals surface area contributed by atoms with Crippen LogP contribution in [-0.4, -0.2) is 38.2 Å². The van der Waals surface area contributed by atoms with Crippen LogP contribution in [0.3, 0.4) is 0 Å². The highest BCUT2D eigenvalue weighted by Gasteiger charge is 2.20. The summed E-state index contributed by atoms with van der Waals surface area (Å²) in [6.07, 6.45) is 3.87. The third-order valence-corrected chi connectivity index (χ3v) is 4.72. The number of nitrogens with one attached hydrogen (secondary N) is 1. The number of likely N-dealkylation sites (tertiary alicyclic amines) is 1. The summed E-state index contributed by atoms with van der Waals surface area (Å²) in [4.78, 5) is 2.42. The molecule has 1 N–H and O–H groups in total. The lowest BCUT2D eigenvalue weighted by Gasteiger charge is -2.32. The smallest absolute Gasteiger partial charge is 0.124 e. The molecule has 0 saturated carbocycles. The van der Waals surface area contributed by atoms with Crippen molar-refractivity contribution in [2.45, 2.75) is 38.3 Å². The molecule has 0 amide bonds. The van der Waals surface area contributed by atoms with Crippen molar-refractivity contribution in [1.29, 1.82) is 0 Å². The predicted molar refractivity (Wildman–Crippen MR) is 87.4 cm³/mol. The first-order valence-corrected chi connectivity index (χ1v) is 8.21. The number of nitrogens with zero attached hydrogens (tertiary/aromatic N) is 1. The van der Waals surface area contributed by atoms with E-state index in [-0.39, 0.29) is 6.04 Å². The molecule has 20 heavy (non-hydrogen) atoms. The Morgan fingerprint density at radius 1 is 1.45 bits per heavy atom. The Morgan fingerprint density at radius 3 is 2.95 bits per heavy atom. The number of halogens is 1. The topological polar surface area (TPSA) is 24.5 Å². The van der Waals surface area contributed by atoms with Gasteiger partial charge in [-0.05, 0) is 58.6 Å². The van der Waals surface area contributed by atoms with Crippen molar-refractivity contribution in [3.63, 3.8) is 0 Å². The van der Waals surface area contributed by atoms with Gasteiger partial charge in [0.2, 0.25) is 0 Å². The number of piperidine rings is 1. The quantitative estimate of drug-likeness (QED) is 0.886. The predicted octanol–water partition coefficient (Wildman–Crippen LogP) is 3.59. The Labute approximate surface area is 130 Å². The second-order valence-electron chi connectivity index (χ2n) is 5.63. The summed E-state index contributed by atoms with van der Waals surface area (Å²) >= 11 is 3.54. The zero-order chi connectivity index (χ0) is 14.5. The third-order valence-electron chi connectivity index (χ3n) is 4.22. The lowest BCUT2D eigenvalue weighted by molar-refractivity contribution is 0.124. The SMILES string of the molecule is CNC(C)c1cc(Br)ccc1OCC1CCCCN1C. The monoisotopic (exact) mass is 340 g/mol. The molecule has 1 saturated heterocycles. The minimum absolute atomic E-state index is 0.284. The van der Waals surface area contributed by atoms with E-state index in [1.54, 1.807) is 0 Å². The van der Waals surface area contributed by atoms with Crippen LogP contribution in [0.2, 0.25) is 0 Å². The molecule has 1 aromatic rings. The van der Waals surface area contributed by atoms with Crippen molar-refractivity contribution >= 4 is 15.9 Å². The van der Waals surface area contributed by atoms with Gasteiger partial charge >= 0.3 is 0 Å². The van der Waals surface area contributed by atoms with Crippen LogP contribution in [0.15, 0.2) is 22.7 Å². The first kappa shape index (κ1) is 15.8. The normalized spacial score (nSPS) is 21.7. The number of hydrogen-bond acceptors (Lipinski definition) is 3. The summed E-state index contributed by atoms with van der Waals surface area (Å²) in [7, 11) is 4.18. The molecule has 2 unspecified atom stereocenters. The fourth-order valence-electron chi connectivity index (χ4n) is 2.69. The van der Waals surface area contributed by atoms with Crippen LogP contribution in [0.25, 0.3) is 0 Å². The van der Waals surface area contributed by atoms with E-state index in [1.807, 2.05) is 13.1 Å². The second-order valence-corrected chi connectivity index (χ2v) is 6.55. The molecule has 2 atom stereocenters. The van der Waals surface area contributed by atoms with Crippen molar-refractivity contribution in [2.75, 3.05) is 27.2 Å². The van der Waals surface area contributed by atoms with Crippen LogP contribution in [0.1, 0.15) is 37.8 Å². The highest BCUT2D eigenvalue weighted by Crippen LogP contribution is 2.29. The molecule has 0 bridgehead atoms. The standard InChI is InChI=1S/C16H25BrN2O/c1-12(18-2)15-10-13(17)7-8-16(15)20-11-14-6-4-5-9-19(14)3/h7-8,10,12,14,18H,4-6,9,11H2,1-3H3. The van der Waals surface area contributed by atoms with E-state index >= 15 is 0 Å². The molecule has 1 aliphatic rings. The molecule has 3 nitrogen and oxygen atoms in total. The maximum atomic E-state index is 6.12. The lowest BCUT2D eigenvalue weighted by atomic mass is 10.0. The molecule has 2 rings (SSSR count). The highest BCUT2D eigenvalue weighted by molar-refractivity contribution is 9.10. The average Bonchev–Trinajstić information content (AvgIpc) is 2.46. The molecule has 1 heterocycles. The van der Waals surface area contributed by atoms with E-state index < -0.39 is 0 Å². The summed E-state index contributed by atoms with van der Waals surface area (Å²) < 4.78 is 7.22. The Kier molecular flexibility index (Phi) is 5.87. The zero-order valence-electron chi connectivity index (χ0n) is 12.7. The highest BCUT2D eigenvalue weighted by atomic mass is 79.9. The van der Waals surface area contributed by atoms with Crippen LogP contribution in [0.4, 0.5) is 0 Å². The second kappa shape index (κ2) is 7.43. The van der Waals surface area contributed by atoms with Gasteiger partial charge in [0.1, 0.15) is 12.4 Å². The average molecular weight is 341 g/mol. The van der Waals surface area contributed by atoms with Gasteiger partial charge < -0.3 is 15.0 Å². The Bertz CT molecular complexity index is 438. The molecule has 0 radical (unpaired) electrons. The van der Waals surface area contributed by atoms with Gasteiger partial charge in [-0.15, -0.1) is 0 Å². The molecule has 0 spiro atoms. The largest absolute Gasteiger partial charge is 0.492 e. The van der Waals surface area contributed by atoms with E-state index in [2.05, 4.69) is 52.3 Å². The lowest BCUT2D eigenvalue weighted by Crippen LogP contribution is -2.40. The third kappa shape index (κ3) is 3.96. The summed E-state index contributed by atoms with van der Waals surface area (Å²) in [5.74, 6) is 0.994. The van der Waals surface area contributed by atoms with Gasteiger partial charge in [0.25, 0.3) is 0 Å².